The fourth-order valence-corrected chi connectivity index (χ4v) is 6.03. The van der Waals surface area contributed by atoms with Gasteiger partial charge in [0.15, 0.2) is 6.29 Å². The van der Waals surface area contributed by atoms with Crippen LogP contribution in [0.1, 0.15) is 60.1 Å². The van der Waals surface area contributed by atoms with Crippen LogP contribution >= 0.6 is 0 Å². The molecule has 0 spiro atoms. The van der Waals surface area contributed by atoms with E-state index in [0.29, 0.717) is 18.7 Å². The Hall–Kier alpha value is -4.54. The number of hydrogen-bond donors (Lipinski definition) is 3. The number of ether oxygens (including phenoxy) is 3. The van der Waals surface area contributed by atoms with Gasteiger partial charge >= 0.3 is 12.0 Å². The summed E-state index contributed by atoms with van der Waals surface area (Å²) < 4.78 is 18.3. The molecule has 5 rings (SSSR count). The number of carbonyl (C=O) groups is 2. The molecule has 4 aromatic carbocycles. The highest BCUT2D eigenvalue weighted by Gasteiger charge is 2.39. The Balaban J connectivity index is 1.34. The first-order chi connectivity index (χ1) is 23.2. The van der Waals surface area contributed by atoms with E-state index in [1.54, 1.807) is 6.07 Å². The molecule has 48 heavy (non-hydrogen) atoms. The summed E-state index contributed by atoms with van der Waals surface area (Å²) in [6.07, 6.45) is -0.871. The monoisotopic (exact) mass is 651 g/mol. The molecule has 0 aromatic heterocycles. The summed E-state index contributed by atoms with van der Waals surface area (Å²) in [5.74, 6) is -0.518. The Labute approximate surface area is 282 Å². The van der Waals surface area contributed by atoms with Crippen molar-refractivity contribution in [2.24, 2.45) is 5.92 Å². The molecule has 9 nitrogen and oxygen atoms in total. The van der Waals surface area contributed by atoms with E-state index in [1.807, 2.05) is 78.9 Å². The summed E-state index contributed by atoms with van der Waals surface area (Å²) in [6, 6.07) is 33.8. The number of benzene rings is 4. The first-order valence-electron chi connectivity index (χ1n) is 16.3. The SMILES string of the molecule is COC(=O)C(Cc1ccccc1)NC(=O)Nc1cccc(C2OC(CN(C)C(C)c3ccccc3)C(C)C(c3ccc(CO)cc3)O2)c1. The van der Waals surface area contributed by atoms with Crippen molar-refractivity contribution in [3.05, 3.63) is 137 Å². The molecule has 0 bridgehead atoms. The van der Waals surface area contributed by atoms with Gasteiger partial charge in [0, 0.05) is 36.2 Å². The van der Waals surface area contributed by atoms with E-state index in [4.69, 9.17) is 14.2 Å². The molecule has 0 radical (unpaired) electrons. The third kappa shape index (κ3) is 8.87. The number of nitrogens with zero attached hydrogens (tertiary/aromatic N) is 1. The number of esters is 1. The standard InChI is InChI=1S/C39H45N3O6/c1-26-35(24-42(3)27(2)30-14-9-6-10-15-30)47-38(48-36(26)31-20-18-29(25-43)19-21-31)32-16-11-17-33(23-32)40-39(45)41-34(37(44)46-4)22-28-12-7-5-8-13-28/h5-21,23,26-27,34-36,38,43H,22,24-25H2,1-4H3,(H2,40,41,45). The third-order valence-corrected chi connectivity index (χ3v) is 9.02. The van der Waals surface area contributed by atoms with Gasteiger partial charge in [0.1, 0.15) is 6.04 Å². The molecule has 1 aliphatic heterocycles. The van der Waals surface area contributed by atoms with Crippen LogP contribution in [0.25, 0.3) is 0 Å². The minimum atomic E-state index is -0.860. The van der Waals surface area contributed by atoms with Crippen molar-refractivity contribution in [1.82, 2.24) is 10.2 Å². The number of anilines is 1. The van der Waals surface area contributed by atoms with E-state index in [2.05, 4.69) is 60.7 Å². The summed E-state index contributed by atoms with van der Waals surface area (Å²) in [4.78, 5) is 27.9. The smallest absolute Gasteiger partial charge is 0.328 e. The normalized spacial score (nSPS) is 20.5. The van der Waals surface area contributed by atoms with Crippen molar-refractivity contribution in [3.8, 4) is 0 Å². The highest BCUT2D eigenvalue weighted by molar-refractivity contribution is 5.92. The lowest BCUT2D eigenvalue weighted by Crippen LogP contribution is -2.45. The van der Waals surface area contributed by atoms with Crippen molar-refractivity contribution < 1.29 is 28.9 Å². The number of urea groups is 1. The van der Waals surface area contributed by atoms with Crippen LogP contribution in [0.15, 0.2) is 109 Å². The molecule has 2 amide bonds. The summed E-state index contributed by atoms with van der Waals surface area (Å²) >= 11 is 0. The molecule has 3 N–H and O–H groups in total. The van der Waals surface area contributed by atoms with Gasteiger partial charge in [0.05, 0.1) is 25.9 Å². The fourth-order valence-electron chi connectivity index (χ4n) is 6.03. The highest BCUT2D eigenvalue weighted by atomic mass is 16.7. The van der Waals surface area contributed by atoms with Gasteiger partial charge in [-0.15, -0.1) is 0 Å². The number of methoxy groups -OCH3 is 1. The Morgan fingerprint density at radius 3 is 2.23 bits per heavy atom. The molecular weight excluding hydrogens is 606 g/mol. The van der Waals surface area contributed by atoms with Gasteiger partial charge in [-0.25, -0.2) is 9.59 Å². The number of amides is 2. The van der Waals surface area contributed by atoms with Crippen LogP contribution in [0, 0.1) is 5.92 Å². The molecule has 1 saturated heterocycles. The van der Waals surface area contributed by atoms with Gasteiger partial charge < -0.3 is 30.0 Å². The van der Waals surface area contributed by atoms with Crippen molar-refractivity contribution >= 4 is 17.7 Å². The van der Waals surface area contributed by atoms with E-state index in [1.165, 1.54) is 12.7 Å². The fraction of sp³-hybridized carbons (Fsp3) is 0.333. The van der Waals surface area contributed by atoms with Crippen molar-refractivity contribution in [2.75, 3.05) is 26.0 Å². The molecule has 6 atom stereocenters. The lowest BCUT2D eigenvalue weighted by atomic mass is 9.89. The predicted molar refractivity (Wildman–Crippen MR) is 185 cm³/mol. The summed E-state index contributed by atoms with van der Waals surface area (Å²) in [5, 5.41) is 15.2. The lowest BCUT2D eigenvalue weighted by molar-refractivity contribution is -0.276. The summed E-state index contributed by atoms with van der Waals surface area (Å²) in [6.45, 7) is 4.96. The van der Waals surface area contributed by atoms with Gasteiger partial charge in [-0.3, -0.25) is 4.90 Å². The average Bonchev–Trinajstić information content (AvgIpc) is 3.12. The van der Waals surface area contributed by atoms with E-state index in [0.717, 1.165) is 22.3 Å². The van der Waals surface area contributed by atoms with Crippen molar-refractivity contribution in [3.63, 3.8) is 0 Å². The van der Waals surface area contributed by atoms with Crippen molar-refractivity contribution in [1.29, 1.82) is 0 Å². The molecule has 6 unspecified atom stereocenters. The van der Waals surface area contributed by atoms with Crippen LogP contribution in [0.4, 0.5) is 10.5 Å². The van der Waals surface area contributed by atoms with E-state index >= 15 is 0 Å². The second kappa shape index (κ2) is 16.5. The van der Waals surface area contributed by atoms with Crippen LogP contribution in [0.3, 0.4) is 0 Å². The van der Waals surface area contributed by atoms with Crippen molar-refractivity contribution in [2.45, 2.75) is 57.5 Å². The van der Waals surface area contributed by atoms with E-state index < -0.39 is 24.3 Å². The van der Waals surface area contributed by atoms with Crippen LogP contribution in [-0.4, -0.2) is 54.9 Å². The van der Waals surface area contributed by atoms with Gasteiger partial charge in [0.25, 0.3) is 0 Å². The van der Waals surface area contributed by atoms with Gasteiger partial charge in [0.2, 0.25) is 0 Å². The second-order valence-electron chi connectivity index (χ2n) is 12.3. The molecule has 1 fully saturated rings. The zero-order valence-electron chi connectivity index (χ0n) is 27.9. The van der Waals surface area contributed by atoms with Gasteiger partial charge in [-0.1, -0.05) is 104 Å². The Morgan fingerprint density at radius 2 is 1.56 bits per heavy atom. The number of aliphatic hydroxyl groups is 1. The van der Waals surface area contributed by atoms with Crippen LogP contribution in [-0.2, 0) is 32.0 Å². The van der Waals surface area contributed by atoms with E-state index in [-0.39, 0.29) is 30.8 Å². The molecule has 0 aliphatic carbocycles. The Kier molecular flexibility index (Phi) is 12.0. The topological polar surface area (TPSA) is 109 Å². The Bertz CT molecular complexity index is 1620. The molecule has 9 heteroatoms. The van der Waals surface area contributed by atoms with Crippen LogP contribution in [0.5, 0.6) is 0 Å². The highest BCUT2D eigenvalue weighted by Crippen LogP contribution is 2.42. The maximum absolute atomic E-state index is 13.1. The largest absolute Gasteiger partial charge is 0.467 e. The molecule has 0 saturated carbocycles. The average molecular weight is 652 g/mol. The first kappa shape index (κ1) is 34.8. The third-order valence-electron chi connectivity index (χ3n) is 9.02. The number of carbonyl (C=O) groups excluding carboxylic acids is 2. The predicted octanol–water partition coefficient (Wildman–Crippen LogP) is 6.57. The molecule has 1 heterocycles. The second-order valence-corrected chi connectivity index (χ2v) is 12.3. The molecule has 252 valence electrons. The summed E-state index contributed by atoms with van der Waals surface area (Å²) in [7, 11) is 3.40. The lowest BCUT2D eigenvalue weighted by Gasteiger charge is -2.43. The summed E-state index contributed by atoms with van der Waals surface area (Å²) in [5.41, 5.74) is 5.22. The number of aliphatic hydroxyl groups excluding tert-OH is 1. The van der Waals surface area contributed by atoms with Crippen LogP contribution in [0.2, 0.25) is 0 Å². The first-order valence-corrected chi connectivity index (χ1v) is 16.3. The zero-order valence-corrected chi connectivity index (χ0v) is 27.9. The number of rotatable bonds is 12. The van der Waals surface area contributed by atoms with E-state index in [9.17, 15) is 14.7 Å². The number of nitrogens with one attached hydrogen (secondary N) is 2. The minimum absolute atomic E-state index is 0.0126. The van der Waals surface area contributed by atoms with Gasteiger partial charge in [-0.05, 0) is 48.4 Å². The minimum Gasteiger partial charge on any atom is -0.467 e. The Morgan fingerprint density at radius 1 is 0.875 bits per heavy atom. The molecule has 1 aliphatic rings. The van der Waals surface area contributed by atoms with Crippen LogP contribution < -0.4 is 10.6 Å². The maximum Gasteiger partial charge on any atom is 0.328 e. The van der Waals surface area contributed by atoms with Gasteiger partial charge in [-0.2, -0.15) is 0 Å². The number of likely N-dealkylation sites (N-methyl/N-ethyl adjacent to an activating group) is 1. The number of hydrogen-bond acceptors (Lipinski definition) is 7. The maximum atomic E-state index is 13.1. The molecule has 4 aromatic rings. The molecular formula is C39H45N3O6. The zero-order chi connectivity index (χ0) is 34.0. The quantitative estimate of drug-likeness (QED) is 0.149.